The van der Waals surface area contributed by atoms with Gasteiger partial charge in [0, 0.05) is 18.0 Å². The van der Waals surface area contributed by atoms with Crippen molar-refractivity contribution in [3.05, 3.63) is 16.1 Å². The van der Waals surface area contributed by atoms with E-state index in [0.717, 1.165) is 5.01 Å². The van der Waals surface area contributed by atoms with Gasteiger partial charge in [-0.25, -0.2) is 9.78 Å². The molecular formula is C12H20N2O2S. The van der Waals surface area contributed by atoms with Crippen molar-refractivity contribution in [2.24, 2.45) is 0 Å². The molecule has 96 valence electrons. The molecule has 0 radical (unpaired) electrons. The molecule has 0 aliphatic heterocycles. The fourth-order valence-electron chi connectivity index (χ4n) is 1.11. The van der Waals surface area contributed by atoms with Crippen LogP contribution in [0.1, 0.15) is 50.1 Å². The van der Waals surface area contributed by atoms with Crippen molar-refractivity contribution < 1.29 is 9.53 Å². The molecule has 0 aromatic carbocycles. The van der Waals surface area contributed by atoms with Crippen molar-refractivity contribution in [2.75, 3.05) is 0 Å². The molecule has 17 heavy (non-hydrogen) atoms. The summed E-state index contributed by atoms with van der Waals surface area (Å²) in [4.78, 5) is 16.0. The first kappa shape index (κ1) is 14.1. The average molecular weight is 256 g/mol. The van der Waals surface area contributed by atoms with Gasteiger partial charge >= 0.3 is 5.97 Å². The lowest BCUT2D eigenvalue weighted by molar-refractivity contribution is 0.00635. The van der Waals surface area contributed by atoms with Crippen molar-refractivity contribution in [2.45, 2.75) is 52.8 Å². The molecule has 1 aromatic heterocycles. The van der Waals surface area contributed by atoms with Crippen LogP contribution in [0.3, 0.4) is 0 Å². The Morgan fingerprint density at radius 3 is 2.71 bits per heavy atom. The van der Waals surface area contributed by atoms with Crippen molar-refractivity contribution in [3.8, 4) is 0 Å². The molecule has 0 atom stereocenters. The summed E-state index contributed by atoms with van der Waals surface area (Å²) in [7, 11) is 0. The summed E-state index contributed by atoms with van der Waals surface area (Å²) in [6.45, 7) is 10.4. The SMILES string of the molecule is CC(C)NCc1nc(C(=O)OC(C)(C)C)cs1. The molecule has 0 fully saturated rings. The highest BCUT2D eigenvalue weighted by molar-refractivity contribution is 7.09. The number of carbonyl (C=O) groups is 1. The third-order valence-corrected chi connectivity index (χ3v) is 2.67. The monoisotopic (exact) mass is 256 g/mol. The maximum Gasteiger partial charge on any atom is 0.358 e. The van der Waals surface area contributed by atoms with Gasteiger partial charge in [0.2, 0.25) is 0 Å². The van der Waals surface area contributed by atoms with E-state index in [1.807, 2.05) is 20.8 Å². The number of rotatable bonds is 4. The van der Waals surface area contributed by atoms with Crippen molar-refractivity contribution in [3.63, 3.8) is 0 Å². The van der Waals surface area contributed by atoms with Crippen LogP contribution in [0, 0.1) is 0 Å². The predicted molar refractivity (Wildman–Crippen MR) is 69.3 cm³/mol. The Balaban J connectivity index is 2.58. The normalized spacial score (nSPS) is 11.9. The topological polar surface area (TPSA) is 51.2 Å². The number of thiazole rings is 1. The Bertz CT molecular complexity index is 380. The molecule has 1 aromatic rings. The fraction of sp³-hybridized carbons (Fsp3) is 0.667. The van der Waals surface area contributed by atoms with E-state index in [0.29, 0.717) is 18.3 Å². The van der Waals surface area contributed by atoms with Gasteiger partial charge in [-0.15, -0.1) is 11.3 Å². The summed E-state index contributed by atoms with van der Waals surface area (Å²) in [6.07, 6.45) is 0. The minimum Gasteiger partial charge on any atom is -0.455 e. The molecule has 0 saturated carbocycles. The Kier molecular flexibility index (Phi) is 4.65. The first-order chi connectivity index (χ1) is 7.78. The molecule has 4 nitrogen and oxygen atoms in total. The van der Waals surface area contributed by atoms with Gasteiger partial charge in [-0.2, -0.15) is 0 Å². The van der Waals surface area contributed by atoms with Gasteiger partial charge in [0.1, 0.15) is 10.6 Å². The molecule has 1 N–H and O–H groups in total. The second-order valence-electron chi connectivity index (χ2n) is 5.16. The third-order valence-electron chi connectivity index (χ3n) is 1.82. The largest absolute Gasteiger partial charge is 0.455 e. The Morgan fingerprint density at radius 1 is 1.53 bits per heavy atom. The molecular weight excluding hydrogens is 236 g/mol. The van der Waals surface area contributed by atoms with Crippen molar-refractivity contribution in [1.29, 1.82) is 0 Å². The second-order valence-corrected chi connectivity index (χ2v) is 6.11. The average Bonchev–Trinajstić information content (AvgIpc) is 2.60. The summed E-state index contributed by atoms with van der Waals surface area (Å²) >= 11 is 1.47. The van der Waals surface area contributed by atoms with E-state index < -0.39 is 5.60 Å². The molecule has 1 rings (SSSR count). The highest BCUT2D eigenvalue weighted by Gasteiger charge is 2.20. The van der Waals surface area contributed by atoms with Crippen LogP contribution in [0.15, 0.2) is 5.38 Å². The summed E-state index contributed by atoms with van der Waals surface area (Å²) in [5.41, 5.74) is -0.0812. The van der Waals surface area contributed by atoms with Gasteiger partial charge in [0.05, 0.1) is 0 Å². The van der Waals surface area contributed by atoms with Crippen LogP contribution in [-0.4, -0.2) is 22.6 Å². The lowest BCUT2D eigenvalue weighted by Crippen LogP contribution is -2.24. The first-order valence-electron chi connectivity index (χ1n) is 5.69. The van der Waals surface area contributed by atoms with Gasteiger partial charge in [-0.3, -0.25) is 0 Å². The number of esters is 1. The van der Waals surface area contributed by atoms with Gasteiger partial charge < -0.3 is 10.1 Å². The number of ether oxygens (including phenoxy) is 1. The minimum absolute atomic E-state index is 0.357. The first-order valence-corrected chi connectivity index (χ1v) is 6.57. The lowest BCUT2D eigenvalue weighted by atomic mass is 10.2. The molecule has 0 aliphatic rings. The minimum atomic E-state index is -0.475. The maximum atomic E-state index is 11.7. The van der Waals surface area contributed by atoms with E-state index in [4.69, 9.17) is 4.74 Å². The quantitative estimate of drug-likeness (QED) is 0.841. The van der Waals surface area contributed by atoms with Gasteiger partial charge in [0.25, 0.3) is 0 Å². The lowest BCUT2D eigenvalue weighted by Gasteiger charge is -2.18. The zero-order valence-electron chi connectivity index (χ0n) is 11.0. The predicted octanol–water partition coefficient (Wildman–Crippen LogP) is 2.60. The highest BCUT2D eigenvalue weighted by Crippen LogP contribution is 2.15. The van der Waals surface area contributed by atoms with E-state index in [-0.39, 0.29) is 5.97 Å². The van der Waals surface area contributed by atoms with E-state index in [9.17, 15) is 4.79 Å². The molecule has 0 bridgehead atoms. The number of aromatic nitrogens is 1. The number of hydrogen-bond acceptors (Lipinski definition) is 5. The smallest absolute Gasteiger partial charge is 0.358 e. The van der Waals surface area contributed by atoms with Crippen LogP contribution in [0.2, 0.25) is 0 Å². The molecule has 0 aliphatic carbocycles. The van der Waals surface area contributed by atoms with E-state index in [2.05, 4.69) is 24.1 Å². The standard InChI is InChI=1S/C12H20N2O2S/c1-8(2)13-6-10-14-9(7-17-10)11(15)16-12(3,4)5/h7-8,13H,6H2,1-5H3. The summed E-state index contributed by atoms with van der Waals surface area (Å²) in [5, 5.41) is 5.90. The third kappa shape index (κ3) is 5.28. The number of hydrogen-bond donors (Lipinski definition) is 1. The Hall–Kier alpha value is -0.940. The highest BCUT2D eigenvalue weighted by atomic mass is 32.1. The molecule has 0 saturated heterocycles. The summed E-state index contributed by atoms with van der Waals surface area (Å²) in [5.74, 6) is -0.357. The second kappa shape index (κ2) is 5.60. The molecule has 0 unspecified atom stereocenters. The van der Waals surface area contributed by atoms with Crippen LogP contribution in [0.25, 0.3) is 0 Å². The zero-order chi connectivity index (χ0) is 13.1. The number of carbonyl (C=O) groups excluding carboxylic acids is 1. The van der Waals surface area contributed by atoms with Crippen LogP contribution < -0.4 is 5.32 Å². The van der Waals surface area contributed by atoms with E-state index >= 15 is 0 Å². The van der Waals surface area contributed by atoms with E-state index in [1.165, 1.54) is 11.3 Å². The summed E-state index contributed by atoms with van der Waals surface area (Å²) < 4.78 is 5.25. The van der Waals surface area contributed by atoms with Crippen LogP contribution in [-0.2, 0) is 11.3 Å². The molecule has 0 amide bonds. The fourth-order valence-corrected chi connectivity index (χ4v) is 1.82. The number of nitrogens with zero attached hydrogens (tertiary/aromatic N) is 1. The molecule has 1 heterocycles. The van der Waals surface area contributed by atoms with Gasteiger partial charge in [0.15, 0.2) is 5.69 Å². The van der Waals surface area contributed by atoms with Crippen LogP contribution in [0.5, 0.6) is 0 Å². The molecule has 0 spiro atoms. The zero-order valence-corrected chi connectivity index (χ0v) is 11.9. The van der Waals surface area contributed by atoms with Crippen molar-refractivity contribution >= 4 is 17.3 Å². The van der Waals surface area contributed by atoms with Crippen molar-refractivity contribution in [1.82, 2.24) is 10.3 Å². The van der Waals surface area contributed by atoms with Crippen LogP contribution in [0.4, 0.5) is 0 Å². The molecule has 5 heteroatoms. The van der Waals surface area contributed by atoms with Gasteiger partial charge in [-0.1, -0.05) is 13.8 Å². The Labute approximate surface area is 106 Å². The Morgan fingerprint density at radius 2 is 2.18 bits per heavy atom. The maximum absolute atomic E-state index is 11.7. The number of nitrogens with one attached hydrogen (secondary N) is 1. The van der Waals surface area contributed by atoms with E-state index in [1.54, 1.807) is 5.38 Å². The van der Waals surface area contributed by atoms with Crippen LogP contribution >= 0.6 is 11.3 Å². The van der Waals surface area contributed by atoms with Gasteiger partial charge in [-0.05, 0) is 20.8 Å². The summed E-state index contributed by atoms with van der Waals surface area (Å²) in [6, 6.07) is 0.406.